The average molecular weight is 197 g/mol. The predicted octanol–water partition coefficient (Wildman–Crippen LogP) is 2.62. The third kappa shape index (κ3) is 6.88. The van der Waals surface area contributed by atoms with E-state index < -0.39 is 6.72 Å². The second kappa shape index (κ2) is 4.51. The van der Waals surface area contributed by atoms with Crippen molar-refractivity contribution in [2.24, 2.45) is 5.50 Å². The highest BCUT2D eigenvalue weighted by atomic mass is 32.7. The third-order valence-corrected chi connectivity index (χ3v) is 4.55. The van der Waals surface area contributed by atoms with Gasteiger partial charge in [0.05, 0.1) is 6.10 Å². The van der Waals surface area contributed by atoms with Gasteiger partial charge in [-0.15, -0.1) is 0 Å². The van der Waals surface area contributed by atoms with Crippen LogP contribution in [-0.4, -0.2) is 11.4 Å². The molecule has 0 aliphatic heterocycles. The first-order valence-electron chi connectivity index (χ1n) is 3.59. The highest BCUT2D eigenvalue weighted by Crippen LogP contribution is 2.54. The number of hydrogen-bond acceptors (Lipinski definition) is 3. The molecule has 1 unspecified atom stereocenters. The van der Waals surface area contributed by atoms with E-state index in [4.69, 9.17) is 10.0 Å². The Morgan fingerprint density at radius 2 is 1.82 bits per heavy atom. The highest BCUT2D eigenvalue weighted by Gasteiger charge is 2.20. The van der Waals surface area contributed by atoms with E-state index in [1.54, 1.807) is 0 Å². The molecule has 0 aliphatic rings. The molecule has 0 heterocycles. The molecular formula is C6H16NO2PS. The first-order chi connectivity index (χ1) is 4.83. The Morgan fingerprint density at radius 1 is 1.36 bits per heavy atom. The summed E-state index contributed by atoms with van der Waals surface area (Å²) in [5.74, 6) is 0. The van der Waals surface area contributed by atoms with Gasteiger partial charge in [-0.3, -0.25) is 10.1 Å². The van der Waals surface area contributed by atoms with Gasteiger partial charge in [0, 0.05) is 5.25 Å². The van der Waals surface area contributed by atoms with Gasteiger partial charge < -0.3 is 4.52 Å². The largest absolute Gasteiger partial charge is 0.324 e. The monoisotopic (exact) mass is 197 g/mol. The molecule has 0 rings (SSSR count). The SMILES string of the molecule is CC(C)OP(N)(=O)SC(C)C. The Balaban J connectivity index is 3.91. The van der Waals surface area contributed by atoms with Crippen molar-refractivity contribution in [2.75, 3.05) is 0 Å². The lowest BCUT2D eigenvalue weighted by atomic mass is 10.5. The summed E-state index contributed by atoms with van der Waals surface area (Å²) in [4.78, 5) is 0. The molecule has 0 bridgehead atoms. The minimum absolute atomic E-state index is 0.0721. The molecule has 0 radical (unpaired) electrons. The molecule has 11 heavy (non-hydrogen) atoms. The van der Waals surface area contributed by atoms with Crippen LogP contribution in [0.15, 0.2) is 0 Å². The van der Waals surface area contributed by atoms with Crippen molar-refractivity contribution in [3.63, 3.8) is 0 Å². The van der Waals surface area contributed by atoms with Crippen LogP contribution in [0.1, 0.15) is 27.7 Å². The molecule has 0 saturated heterocycles. The van der Waals surface area contributed by atoms with Gasteiger partial charge in [0.25, 0.3) is 0 Å². The van der Waals surface area contributed by atoms with Gasteiger partial charge in [0.1, 0.15) is 0 Å². The Bertz CT molecular complexity index is 147. The minimum Gasteiger partial charge on any atom is -0.307 e. The van der Waals surface area contributed by atoms with E-state index in [9.17, 15) is 4.57 Å². The summed E-state index contributed by atoms with van der Waals surface area (Å²) >= 11 is 1.20. The summed E-state index contributed by atoms with van der Waals surface area (Å²) in [6.07, 6.45) is -0.0721. The van der Waals surface area contributed by atoms with E-state index in [2.05, 4.69) is 0 Å². The molecule has 0 fully saturated rings. The van der Waals surface area contributed by atoms with Crippen molar-refractivity contribution in [1.29, 1.82) is 0 Å². The molecule has 0 saturated carbocycles. The van der Waals surface area contributed by atoms with Gasteiger partial charge in [-0.2, -0.15) is 0 Å². The van der Waals surface area contributed by atoms with Gasteiger partial charge in [-0.25, -0.2) is 0 Å². The van der Waals surface area contributed by atoms with Crippen molar-refractivity contribution >= 4 is 18.1 Å². The fraction of sp³-hybridized carbons (Fsp3) is 1.00. The topological polar surface area (TPSA) is 52.3 Å². The first-order valence-corrected chi connectivity index (χ1v) is 6.77. The molecular weight excluding hydrogens is 181 g/mol. The molecule has 5 heteroatoms. The van der Waals surface area contributed by atoms with Crippen LogP contribution in [0.2, 0.25) is 0 Å². The van der Waals surface area contributed by atoms with E-state index in [1.807, 2.05) is 27.7 Å². The summed E-state index contributed by atoms with van der Waals surface area (Å²) in [6.45, 7) is 4.63. The van der Waals surface area contributed by atoms with Gasteiger partial charge in [-0.1, -0.05) is 25.2 Å². The molecule has 0 aromatic rings. The third-order valence-electron chi connectivity index (χ3n) is 0.715. The molecule has 0 aromatic carbocycles. The number of rotatable bonds is 4. The van der Waals surface area contributed by atoms with E-state index in [-0.39, 0.29) is 11.4 Å². The Kier molecular flexibility index (Phi) is 4.71. The summed E-state index contributed by atoms with van der Waals surface area (Å²) in [7, 11) is 0. The number of nitrogens with two attached hydrogens (primary N) is 1. The van der Waals surface area contributed by atoms with Crippen LogP contribution in [0.3, 0.4) is 0 Å². The second-order valence-electron chi connectivity index (χ2n) is 2.85. The van der Waals surface area contributed by atoms with Crippen LogP contribution in [-0.2, 0) is 9.09 Å². The summed E-state index contributed by atoms with van der Waals surface area (Å²) in [6, 6.07) is 0. The van der Waals surface area contributed by atoms with Crippen LogP contribution in [0.5, 0.6) is 0 Å². The lowest BCUT2D eigenvalue weighted by Crippen LogP contribution is -2.05. The summed E-state index contributed by atoms with van der Waals surface area (Å²) in [5.41, 5.74) is 5.41. The maximum absolute atomic E-state index is 11.4. The van der Waals surface area contributed by atoms with Gasteiger partial charge >= 0.3 is 6.72 Å². The zero-order chi connectivity index (χ0) is 9.07. The molecule has 0 aromatic heterocycles. The zero-order valence-corrected chi connectivity index (χ0v) is 9.11. The lowest BCUT2D eigenvalue weighted by molar-refractivity contribution is 0.253. The molecule has 3 nitrogen and oxygen atoms in total. The van der Waals surface area contributed by atoms with Crippen molar-refractivity contribution in [1.82, 2.24) is 0 Å². The van der Waals surface area contributed by atoms with Crippen molar-refractivity contribution < 1.29 is 9.09 Å². The zero-order valence-electron chi connectivity index (χ0n) is 7.40. The molecule has 2 N–H and O–H groups in total. The van der Waals surface area contributed by atoms with E-state index in [0.29, 0.717) is 0 Å². The Morgan fingerprint density at radius 3 is 2.09 bits per heavy atom. The summed E-state index contributed by atoms with van der Waals surface area (Å²) in [5, 5.41) is 0.240. The Hall–Kier alpha value is 0.500. The van der Waals surface area contributed by atoms with E-state index in [1.165, 1.54) is 11.4 Å². The van der Waals surface area contributed by atoms with Crippen molar-refractivity contribution in [3.05, 3.63) is 0 Å². The normalized spacial score (nSPS) is 17.4. The second-order valence-corrected chi connectivity index (χ2v) is 7.45. The van der Waals surface area contributed by atoms with Crippen molar-refractivity contribution in [3.8, 4) is 0 Å². The van der Waals surface area contributed by atoms with Crippen LogP contribution in [0.4, 0.5) is 0 Å². The van der Waals surface area contributed by atoms with Crippen molar-refractivity contribution in [2.45, 2.75) is 39.0 Å². The van der Waals surface area contributed by atoms with Crippen LogP contribution in [0, 0.1) is 0 Å². The smallest absolute Gasteiger partial charge is 0.307 e. The van der Waals surface area contributed by atoms with E-state index >= 15 is 0 Å². The highest BCUT2D eigenvalue weighted by molar-refractivity contribution is 8.56. The van der Waals surface area contributed by atoms with Gasteiger partial charge in [-0.05, 0) is 13.8 Å². The molecule has 1 atom stereocenters. The summed E-state index contributed by atoms with van der Waals surface area (Å²) < 4.78 is 16.4. The fourth-order valence-corrected chi connectivity index (χ4v) is 4.27. The maximum atomic E-state index is 11.4. The van der Waals surface area contributed by atoms with Gasteiger partial charge in [0.15, 0.2) is 0 Å². The Labute approximate surface area is 72.3 Å². The van der Waals surface area contributed by atoms with Crippen LogP contribution < -0.4 is 5.50 Å². The molecule has 0 amide bonds. The predicted molar refractivity (Wildman–Crippen MR) is 50.7 cm³/mol. The number of hydrogen-bond donors (Lipinski definition) is 1. The maximum Gasteiger partial charge on any atom is 0.324 e. The van der Waals surface area contributed by atoms with E-state index in [0.717, 1.165) is 0 Å². The first kappa shape index (κ1) is 11.5. The van der Waals surface area contributed by atoms with Crippen LogP contribution in [0.25, 0.3) is 0 Å². The quantitative estimate of drug-likeness (QED) is 0.704. The lowest BCUT2D eigenvalue weighted by Gasteiger charge is -2.16. The van der Waals surface area contributed by atoms with Crippen LogP contribution >= 0.6 is 18.1 Å². The minimum atomic E-state index is -2.89. The fourth-order valence-electron chi connectivity index (χ4n) is 0.613. The average Bonchev–Trinajstić information content (AvgIpc) is 1.53. The molecule has 0 aliphatic carbocycles. The standard InChI is InChI=1S/C6H16NO2PS/c1-5(2)9-10(7,8)11-6(3)4/h5-6H,1-4H3,(H2,7,8). The molecule has 0 spiro atoms. The molecule has 68 valence electrons. The van der Waals surface area contributed by atoms with Gasteiger partial charge in [0.2, 0.25) is 0 Å².